The molecular formula is C11H16N8. The zero-order valence-corrected chi connectivity index (χ0v) is 10.8. The Hall–Kier alpha value is -2.25. The molecule has 0 amide bonds. The summed E-state index contributed by atoms with van der Waals surface area (Å²) < 4.78 is 1.62. The molecule has 0 bridgehead atoms. The number of aromatic nitrogens is 6. The van der Waals surface area contributed by atoms with E-state index in [0.29, 0.717) is 11.8 Å². The van der Waals surface area contributed by atoms with E-state index in [2.05, 4.69) is 30.2 Å². The van der Waals surface area contributed by atoms with Crippen molar-refractivity contribution in [2.24, 2.45) is 7.05 Å². The van der Waals surface area contributed by atoms with Gasteiger partial charge in [0, 0.05) is 20.1 Å². The van der Waals surface area contributed by atoms with Crippen molar-refractivity contribution >= 4 is 11.9 Å². The van der Waals surface area contributed by atoms with Gasteiger partial charge in [0.15, 0.2) is 5.82 Å². The molecular weight excluding hydrogens is 244 g/mol. The van der Waals surface area contributed by atoms with Gasteiger partial charge in [0.1, 0.15) is 5.69 Å². The molecule has 19 heavy (non-hydrogen) atoms. The van der Waals surface area contributed by atoms with Crippen LogP contribution >= 0.6 is 0 Å². The molecule has 1 fully saturated rings. The van der Waals surface area contributed by atoms with Crippen LogP contribution in [0.2, 0.25) is 0 Å². The Morgan fingerprint density at radius 1 is 1.11 bits per heavy atom. The fraction of sp³-hybridized carbons (Fsp3) is 0.545. The lowest BCUT2D eigenvalue weighted by atomic mass is 10.1. The molecule has 0 saturated carbocycles. The molecule has 0 aromatic carbocycles. The number of piperidine rings is 1. The van der Waals surface area contributed by atoms with Crippen LogP contribution in [0, 0.1) is 0 Å². The molecule has 0 atom stereocenters. The smallest absolute Gasteiger partial charge is 0.230 e. The summed E-state index contributed by atoms with van der Waals surface area (Å²) in [6.45, 7) is 1.93. The van der Waals surface area contributed by atoms with Gasteiger partial charge in [0.2, 0.25) is 11.9 Å². The Morgan fingerprint density at radius 3 is 2.58 bits per heavy atom. The molecule has 8 heteroatoms. The van der Waals surface area contributed by atoms with E-state index in [1.165, 1.54) is 6.42 Å². The van der Waals surface area contributed by atoms with Crippen LogP contribution in [0.25, 0.3) is 11.5 Å². The van der Waals surface area contributed by atoms with Gasteiger partial charge in [-0.1, -0.05) is 5.21 Å². The van der Waals surface area contributed by atoms with E-state index in [1.54, 1.807) is 17.9 Å². The number of nitrogens with zero attached hydrogens (tertiary/aromatic N) is 7. The maximum Gasteiger partial charge on any atom is 0.230 e. The van der Waals surface area contributed by atoms with Crippen molar-refractivity contribution < 1.29 is 0 Å². The van der Waals surface area contributed by atoms with E-state index in [4.69, 9.17) is 5.73 Å². The highest BCUT2D eigenvalue weighted by Gasteiger charge is 2.17. The fourth-order valence-electron chi connectivity index (χ4n) is 2.22. The van der Waals surface area contributed by atoms with Gasteiger partial charge in [-0.05, 0) is 19.3 Å². The summed E-state index contributed by atoms with van der Waals surface area (Å²) >= 11 is 0. The van der Waals surface area contributed by atoms with Crippen molar-refractivity contribution in [3.63, 3.8) is 0 Å². The highest BCUT2D eigenvalue weighted by molar-refractivity contribution is 5.52. The number of nitrogen functional groups attached to an aromatic ring is 1. The second-order valence-corrected chi connectivity index (χ2v) is 4.61. The van der Waals surface area contributed by atoms with E-state index in [-0.39, 0.29) is 5.95 Å². The van der Waals surface area contributed by atoms with Gasteiger partial charge in [-0.2, -0.15) is 15.0 Å². The summed E-state index contributed by atoms with van der Waals surface area (Å²) in [6, 6.07) is 0. The molecule has 1 saturated heterocycles. The minimum atomic E-state index is 0.228. The third-order valence-electron chi connectivity index (χ3n) is 3.22. The van der Waals surface area contributed by atoms with E-state index in [9.17, 15) is 0 Å². The fourth-order valence-corrected chi connectivity index (χ4v) is 2.22. The van der Waals surface area contributed by atoms with Gasteiger partial charge in [0.05, 0.1) is 6.20 Å². The van der Waals surface area contributed by atoms with Gasteiger partial charge >= 0.3 is 0 Å². The third-order valence-corrected chi connectivity index (χ3v) is 3.22. The lowest BCUT2D eigenvalue weighted by Crippen LogP contribution is -2.31. The first-order chi connectivity index (χ1) is 9.24. The summed E-state index contributed by atoms with van der Waals surface area (Å²) in [5.74, 6) is 1.38. The SMILES string of the molecule is Cn1nncc1-c1nc(N)nc(N2CCCCC2)n1. The molecule has 2 aromatic rings. The monoisotopic (exact) mass is 260 g/mol. The number of hydrogen-bond donors (Lipinski definition) is 1. The van der Waals surface area contributed by atoms with Crippen LogP contribution in [0.4, 0.5) is 11.9 Å². The number of rotatable bonds is 2. The van der Waals surface area contributed by atoms with Gasteiger partial charge < -0.3 is 10.6 Å². The normalized spacial score (nSPS) is 15.7. The Balaban J connectivity index is 1.98. The summed E-state index contributed by atoms with van der Waals surface area (Å²) in [5, 5.41) is 7.70. The number of aryl methyl sites for hydroxylation is 1. The molecule has 3 rings (SSSR count). The number of nitrogens with two attached hydrogens (primary N) is 1. The largest absolute Gasteiger partial charge is 0.368 e. The standard InChI is InChI=1S/C11H16N8/c1-18-8(7-13-17-18)9-14-10(12)16-11(15-9)19-5-3-2-4-6-19/h7H,2-6H2,1H3,(H2,12,14,15,16). The second-order valence-electron chi connectivity index (χ2n) is 4.61. The van der Waals surface area contributed by atoms with Crippen molar-refractivity contribution in [3.8, 4) is 11.5 Å². The molecule has 0 radical (unpaired) electrons. The minimum Gasteiger partial charge on any atom is -0.368 e. The van der Waals surface area contributed by atoms with Crippen molar-refractivity contribution in [2.75, 3.05) is 23.7 Å². The van der Waals surface area contributed by atoms with Crippen LogP contribution < -0.4 is 10.6 Å². The molecule has 1 aliphatic rings. The van der Waals surface area contributed by atoms with Crippen molar-refractivity contribution in [1.82, 2.24) is 29.9 Å². The van der Waals surface area contributed by atoms with Gasteiger partial charge in [0.25, 0.3) is 0 Å². The molecule has 2 N–H and O–H groups in total. The first-order valence-corrected chi connectivity index (χ1v) is 6.35. The first-order valence-electron chi connectivity index (χ1n) is 6.35. The molecule has 8 nitrogen and oxygen atoms in total. The molecule has 2 aromatic heterocycles. The van der Waals surface area contributed by atoms with Crippen LogP contribution in [0.1, 0.15) is 19.3 Å². The van der Waals surface area contributed by atoms with Crippen LogP contribution in [-0.2, 0) is 7.05 Å². The summed E-state index contributed by atoms with van der Waals surface area (Å²) in [5.41, 5.74) is 6.51. The highest BCUT2D eigenvalue weighted by atomic mass is 15.4. The Morgan fingerprint density at radius 2 is 1.89 bits per heavy atom. The average molecular weight is 260 g/mol. The molecule has 0 spiro atoms. The quantitative estimate of drug-likeness (QED) is 0.825. The third kappa shape index (κ3) is 2.33. The number of anilines is 2. The van der Waals surface area contributed by atoms with Crippen molar-refractivity contribution in [1.29, 1.82) is 0 Å². The van der Waals surface area contributed by atoms with Crippen molar-refractivity contribution in [3.05, 3.63) is 6.20 Å². The lowest BCUT2D eigenvalue weighted by molar-refractivity contribution is 0.568. The first kappa shape index (κ1) is 11.8. The van der Waals surface area contributed by atoms with Crippen LogP contribution in [0.15, 0.2) is 6.20 Å². The Labute approximate surface area is 110 Å². The van der Waals surface area contributed by atoms with Gasteiger partial charge in [-0.3, -0.25) is 0 Å². The Bertz CT molecular complexity index is 572. The highest BCUT2D eigenvalue weighted by Crippen LogP contribution is 2.20. The van der Waals surface area contributed by atoms with Gasteiger partial charge in [-0.25, -0.2) is 4.68 Å². The molecule has 3 heterocycles. The van der Waals surface area contributed by atoms with Crippen LogP contribution in [0.5, 0.6) is 0 Å². The van der Waals surface area contributed by atoms with E-state index in [0.717, 1.165) is 31.6 Å². The molecule has 0 aliphatic carbocycles. The summed E-state index contributed by atoms with van der Waals surface area (Å²) in [7, 11) is 1.79. The zero-order chi connectivity index (χ0) is 13.2. The van der Waals surface area contributed by atoms with Crippen LogP contribution in [0.3, 0.4) is 0 Å². The van der Waals surface area contributed by atoms with E-state index < -0.39 is 0 Å². The van der Waals surface area contributed by atoms with E-state index >= 15 is 0 Å². The minimum absolute atomic E-state index is 0.228. The Kier molecular flexibility index (Phi) is 2.98. The molecule has 100 valence electrons. The van der Waals surface area contributed by atoms with E-state index in [1.807, 2.05) is 0 Å². The summed E-state index contributed by atoms with van der Waals surface area (Å²) in [6.07, 6.45) is 5.20. The second kappa shape index (κ2) is 4.79. The topological polar surface area (TPSA) is 98.6 Å². The predicted octanol–water partition coefficient (Wildman–Crippen LogP) is 0.240. The number of hydrogen-bond acceptors (Lipinski definition) is 7. The maximum atomic E-state index is 5.78. The lowest BCUT2D eigenvalue weighted by Gasteiger charge is -2.26. The summed E-state index contributed by atoms with van der Waals surface area (Å²) in [4.78, 5) is 15.0. The predicted molar refractivity (Wildman–Crippen MR) is 70.3 cm³/mol. The maximum absolute atomic E-state index is 5.78. The van der Waals surface area contributed by atoms with Crippen molar-refractivity contribution in [2.45, 2.75) is 19.3 Å². The van der Waals surface area contributed by atoms with Crippen LogP contribution in [-0.4, -0.2) is 43.0 Å². The van der Waals surface area contributed by atoms with Gasteiger partial charge in [-0.15, -0.1) is 5.10 Å². The molecule has 1 aliphatic heterocycles. The molecule has 0 unspecified atom stereocenters. The average Bonchev–Trinajstić information content (AvgIpc) is 2.85. The zero-order valence-electron chi connectivity index (χ0n) is 10.8.